The molecule has 6 rings (SSSR count). The standard InChI is InChI=1S/C26H24N6O4/c1-14(33)27-15-11-12-17-19(13-15)32(16-7-6-8-16)24(28-17)23-30-21(22(35-3)26(34)31(23)2)25-29-18-9-4-5-10-20(18)36-25/h4-5,9-13,16H,6-8H2,1-3H3,(H,27,33). The molecule has 3 aromatic heterocycles. The second-order valence-corrected chi connectivity index (χ2v) is 8.94. The van der Waals surface area contributed by atoms with Crippen molar-refractivity contribution in [2.45, 2.75) is 32.2 Å². The van der Waals surface area contributed by atoms with Gasteiger partial charge < -0.3 is 19.0 Å². The van der Waals surface area contributed by atoms with Crippen molar-refractivity contribution in [2.24, 2.45) is 7.05 Å². The van der Waals surface area contributed by atoms with E-state index in [4.69, 9.17) is 19.1 Å². The Hall–Kier alpha value is -4.47. The van der Waals surface area contributed by atoms with E-state index in [9.17, 15) is 9.59 Å². The molecule has 0 bridgehead atoms. The van der Waals surface area contributed by atoms with Gasteiger partial charge in [0.15, 0.2) is 22.9 Å². The van der Waals surface area contributed by atoms with Gasteiger partial charge in [-0.15, -0.1) is 0 Å². The normalized spacial score (nSPS) is 13.8. The predicted octanol–water partition coefficient (Wildman–Crippen LogP) is 4.30. The molecule has 1 aliphatic rings. The molecule has 1 aliphatic carbocycles. The number of carbonyl (C=O) groups is 1. The summed E-state index contributed by atoms with van der Waals surface area (Å²) < 4.78 is 15.0. The Morgan fingerprint density at radius 2 is 1.89 bits per heavy atom. The van der Waals surface area contributed by atoms with Gasteiger partial charge in [0.05, 0.1) is 18.1 Å². The number of amides is 1. The van der Waals surface area contributed by atoms with Gasteiger partial charge in [-0.2, -0.15) is 0 Å². The van der Waals surface area contributed by atoms with Crippen molar-refractivity contribution in [2.75, 3.05) is 12.4 Å². The number of aromatic nitrogens is 5. The number of anilines is 1. The Morgan fingerprint density at radius 1 is 1.08 bits per heavy atom. The highest BCUT2D eigenvalue weighted by Gasteiger charge is 2.29. The fourth-order valence-corrected chi connectivity index (χ4v) is 4.63. The van der Waals surface area contributed by atoms with Crippen LogP contribution in [-0.2, 0) is 11.8 Å². The number of hydrogen-bond donors (Lipinski definition) is 1. The highest BCUT2D eigenvalue weighted by atomic mass is 16.5. The summed E-state index contributed by atoms with van der Waals surface area (Å²) in [6.07, 6.45) is 3.09. The van der Waals surface area contributed by atoms with Gasteiger partial charge in [0.1, 0.15) is 5.52 Å². The van der Waals surface area contributed by atoms with Crippen molar-refractivity contribution in [1.29, 1.82) is 0 Å². The first-order chi connectivity index (χ1) is 17.4. The van der Waals surface area contributed by atoms with Gasteiger partial charge in [-0.1, -0.05) is 12.1 Å². The van der Waals surface area contributed by atoms with Gasteiger partial charge >= 0.3 is 0 Å². The number of methoxy groups -OCH3 is 1. The van der Waals surface area contributed by atoms with Crippen molar-refractivity contribution >= 4 is 33.7 Å². The molecule has 0 atom stereocenters. The minimum absolute atomic E-state index is 0.0482. The molecule has 1 saturated carbocycles. The van der Waals surface area contributed by atoms with E-state index in [0.29, 0.717) is 28.4 Å². The number of nitrogens with one attached hydrogen (secondary N) is 1. The van der Waals surface area contributed by atoms with E-state index < -0.39 is 0 Å². The lowest BCUT2D eigenvalue weighted by Gasteiger charge is -2.29. The van der Waals surface area contributed by atoms with Crippen LogP contribution in [0.15, 0.2) is 51.7 Å². The maximum atomic E-state index is 13.4. The highest BCUT2D eigenvalue weighted by Crippen LogP contribution is 2.39. The number of ether oxygens (including phenoxy) is 1. The second-order valence-electron chi connectivity index (χ2n) is 8.94. The molecule has 0 spiro atoms. The number of nitrogens with zero attached hydrogens (tertiary/aromatic N) is 5. The molecule has 0 saturated heterocycles. The smallest absolute Gasteiger partial charge is 0.296 e. The number of para-hydroxylation sites is 2. The molecule has 182 valence electrons. The average molecular weight is 485 g/mol. The zero-order valence-corrected chi connectivity index (χ0v) is 20.1. The lowest BCUT2D eigenvalue weighted by atomic mass is 9.92. The fourth-order valence-electron chi connectivity index (χ4n) is 4.63. The number of imidazole rings is 1. The van der Waals surface area contributed by atoms with E-state index in [-0.39, 0.29) is 34.8 Å². The maximum absolute atomic E-state index is 13.4. The van der Waals surface area contributed by atoms with Crippen LogP contribution in [0.1, 0.15) is 32.2 Å². The van der Waals surface area contributed by atoms with Crippen molar-refractivity contribution in [1.82, 2.24) is 24.1 Å². The zero-order valence-electron chi connectivity index (χ0n) is 20.1. The molecule has 1 amide bonds. The van der Waals surface area contributed by atoms with Crippen LogP contribution in [0.2, 0.25) is 0 Å². The van der Waals surface area contributed by atoms with Gasteiger partial charge in [0, 0.05) is 25.7 Å². The third-order valence-corrected chi connectivity index (χ3v) is 6.60. The van der Waals surface area contributed by atoms with Crippen molar-refractivity contribution in [3.05, 3.63) is 52.8 Å². The Balaban J connectivity index is 1.60. The van der Waals surface area contributed by atoms with Gasteiger partial charge in [-0.05, 0) is 49.6 Å². The molecule has 2 aromatic carbocycles. The average Bonchev–Trinajstić information content (AvgIpc) is 3.41. The molecule has 1 N–H and O–H groups in total. The first-order valence-corrected chi connectivity index (χ1v) is 11.8. The summed E-state index contributed by atoms with van der Waals surface area (Å²) in [5.74, 6) is 1.04. The Labute approximate surface area is 205 Å². The quantitative estimate of drug-likeness (QED) is 0.395. The summed E-state index contributed by atoms with van der Waals surface area (Å²) in [4.78, 5) is 39.3. The van der Waals surface area contributed by atoms with Gasteiger partial charge in [0.25, 0.3) is 5.56 Å². The third kappa shape index (κ3) is 3.44. The van der Waals surface area contributed by atoms with Crippen LogP contribution in [0, 0.1) is 0 Å². The monoisotopic (exact) mass is 484 g/mol. The molecule has 0 unspecified atom stereocenters. The topological polar surface area (TPSA) is 117 Å². The van der Waals surface area contributed by atoms with E-state index in [1.165, 1.54) is 18.6 Å². The summed E-state index contributed by atoms with van der Waals surface area (Å²) in [7, 11) is 3.08. The number of rotatable bonds is 5. The minimum Gasteiger partial charge on any atom is -0.489 e. The van der Waals surface area contributed by atoms with Crippen LogP contribution in [-0.4, -0.2) is 37.1 Å². The largest absolute Gasteiger partial charge is 0.489 e. The maximum Gasteiger partial charge on any atom is 0.296 e. The van der Waals surface area contributed by atoms with E-state index in [1.54, 1.807) is 7.05 Å². The molecular weight excluding hydrogens is 460 g/mol. The number of oxazole rings is 1. The summed E-state index contributed by atoms with van der Waals surface area (Å²) in [5.41, 5.74) is 3.40. The van der Waals surface area contributed by atoms with Crippen LogP contribution in [0.5, 0.6) is 5.75 Å². The fraction of sp³-hybridized carbons (Fsp3) is 0.269. The van der Waals surface area contributed by atoms with Gasteiger partial charge in [0.2, 0.25) is 17.5 Å². The molecule has 3 heterocycles. The van der Waals surface area contributed by atoms with Crippen LogP contribution in [0.4, 0.5) is 5.69 Å². The Morgan fingerprint density at radius 3 is 2.58 bits per heavy atom. The Bertz CT molecular complexity index is 1680. The number of hydrogen-bond acceptors (Lipinski definition) is 7. The van der Waals surface area contributed by atoms with Crippen molar-refractivity contribution in [3.8, 4) is 29.0 Å². The lowest BCUT2D eigenvalue weighted by Crippen LogP contribution is -2.25. The molecule has 0 radical (unpaired) electrons. The van der Waals surface area contributed by atoms with E-state index in [2.05, 4.69) is 14.9 Å². The molecule has 10 nitrogen and oxygen atoms in total. The van der Waals surface area contributed by atoms with Crippen LogP contribution in [0.25, 0.3) is 45.4 Å². The minimum atomic E-state index is -0.370. The summed E-state index contributed by atoms with van der Waals surface area (Å²) in [6, 6.07) is 13.2. The predicted molar refractivity (Wildman–Crippen MR) is 135 cm³/mol. The Kier molecular flexibility index (Phi) is 5.10. The van der Waals surface area contributed by atoms with Crippen LogP contribution < -0.4 is 15.6 Å². The zero-order chi connectivity index (χ0) is 25.0. The molecule has 0 aliphatic heterocycles. The lowest BCUT2D eigenvalue weighted by molar-refractivity contribution is -0.114. The second kappa shape index (κ2) is 8.33. The summed E-state index contributed by atoms with van der Waals surface area (Å²) in [6.45, 7) is 1.48. The number of benzene rings is 2. The van der Waals surface area contributed by atoms with E-state index >= 15 is 0 Å². The molecule has 5 aromatic rings. The summed E-state index contributed by atoms with van der Waals surface area (Å²) in [5, 5.41) is 2.84. The molecule has 1 fully saturated rings. The first kappa shape index (κ1) is 22.0. The third-order valence-electron chi connectivity index (χ3n) is 6.60. The van der Waals surface area contributed by atoms with E-state index in [0.717, 1.165) is 30.3 Å². The number of fused-ring (bicyclic) bond motifs is 2. The van der Waals surface area contributed by atoms with E-state index in [1.807, 2.05) is 42.5 Å². The highest BCUT2D eigenvalue weighted by molar-refractivity contribution is 5.92. The van der Waals surface area contributed by atoms with Crippen LogP contribution in [0.3, 0.4) is 0 Å². The van der Waals surface area contributed by atoms with Crippen molar-refractivity contribution < 1.29 is 13.9 Å². The molecular formula is C26H24N6O4. The van der Waals surface area contributed by atoms with Crippen LogP contribution >= 0.6 is 0 Å². The number of carbonyl (C=O) groups excluding carboxylic acids is 1. The first-order valence-electron chi connectivity index (χ1n) is 11.8. The molecule has 36 heavy (non-hydrogen) atoms. The van der Waals surface area contributed by atoms with Gasteiger partial charge in [-0.25, -0.2) is 15.0 Å². The molecule has 10 heteroatoms. The summed E-state index contributed by atoms with van der Waals surface area (Å²) >= 11 is 0. The van der Waals surface area contributed by atoms with Crippen molar-refractivity contribution in [3.63, 3.8) is 0 Å². The van der Waals surface area contributed by atoms with Gasteiger partial charge in [-0.3, -0.25) is 14.2 Å². The SMILES string of the molecule is COc1c(-c2nc3ccccc3o2)nc(-c2nc3ccc(NC(C)=O)cc3n2C2CCC2)n(C)c1=O.